The van der Waals surface area contributed by atoms with E-state index < -0.39 is 12.6 Å². The highest BCUT2D eigenvalue weighted by molar-refractivity contribution is 5.94. The minimum atomic E-state index is -4.05. The first-order valence-corrected chi connectivity index (χ1v) is 6.69. The normalized spacial score (nSPS) is 11.4. The lowest BCUT2D eigenvalue weighted by atomic mass is 10.1. The van der Waals surface area contributed by atoms with Crippen LogP contribution < -0.4 is 4.74 Å². The molecule has 1 aromatic carbocycles. The molecule has 0 saturated carbocycles. The maximum Gasteiger partial charge on any atom is 0.389 e. The summed E-state index contributed by atoms with van der Waals surface area (Å²) in [6.45, 7) is 1.94. The van der Waals surface area contributed by atoms with Gasteiger partial charge in [-0.15, -0.1) is 0 Å². The van der Waals surface area contributed by atoms with E-state index in [4.69, 9.17) is 4.74 Å². The van der Waals surface area contributed by atoms with Gasteiger partial charge in [0.05, 0.1) is 6.61 Å². The molecule has 0 aliphatic carbocycles. The van der Waals surface area contributed by atoms with Gasteiger partial charge in [-0.3, -0.25) is 4.79 Å². The number of hydrogen-bond acceptors (Lipinski definition) is 2. The summed E-state index contributed by atoms with van der Waals surface area (Å²) in [5.41, 5.74) is 0.590. The lowest BCUT2D eigenvalue weighted by molar-refractivity contribution is -0.135. The van der Waals surface area contributed by atoms with Crippen LogP contribution in [0.4, 0.5) is 13.2 Å². The van der Waals surface area contributed by atoms with Gasteiger partial charge in [-0.1, -0.05) is 25.0 Å². The number of alkyl halides is 3. The Kier molecular flexibility index (Phi) is 6.55. The van der Waals surface area contributed by atoms with Crippen LogP contribution in [-0.2, 0) is 0 Å². The molecule has 0 saturated heterocycles. The van der Waals surface area contributed by atoms with Crippen LogP contribution in [0.2, 0.25) is 0 Å². The quantitative estimate of drug-likeness (QED) is 0.508. The Morgan fingerprint density at radius 1 is 1.15 bits per heavy atom. The molecule has 0 spiro atoms. The molecule has 0 bridgehead atoms. The Hall–Kier alpha value is -1.52. The van der Waals surface area contributed by atoms with Crippen LogP contribution in [0.25, 0.3) is 0 Å². The summed E-state index contributed by atoms with van der Waals surface area (Å²) in [7, 11) is 0. The topological polar surface area (TPSA) is 26.3 Å². The molecule has 0 N–H and O–H groups in total. The number of Topliss-reactive ketones (excluding diaryl/α,β-unsaturated/α-hetero) is 1. The molecular formula is C15H19F3O2. The van der Waals surface area contributed by atoms with E-state index in [1.165, 1.54) is 6.92 Å². The van der Waals surface area contributed by atoms with E-state index in [1.807, 2.05) is 0 Å². The number of ketones is 1. The molecule has 0 amide bonds. The van der Waals surface area contributed by atoms with Crippen molar-refractivity contribution in [1.29, 1.82) is 0 Å². The molecule has 0 atom stereocenters. The van der Waals surface area contributed by atoms with Crippen molar-refractivity contribution >= 4 is 5.78 Å². The second-order valence-electron chi connectivity index (χ2n) is 4.71. The summed E-state index contributed by atoms with van der Waals surface area (Å²) in [6.07, 6.45) is -2.62. The monoisotopic (exact) mass is 288 g/mol. The molecule has 1 rings (SSSR count). The fourth-order valence-corrected chi connectivity index (χ4v) is 1.78. The minimum Gasteiger partial charge on any atom is -0.494 e. The maximum absolute atomic E-state index is 11.9. The first-order chi connectivity index (χ1) is 9.38. The SMILES string of the molecule is CC(=O)c1cccc(OCCCCCCC(F)(F)F)c1. The van der Waals surface area contributed by atoms with Crippen molar-refractivity contribution in [2.24, 2.45) is 0 Å². The van der Waals surface area contributed by atoms with Gasteiger partial charge in [0, 0.05) is 12.0 Å². The number of rotatable bonds is 8. The predicted octanol–water partition coefficient (Wildman–Crippen LogP) is 4.78. The van der Waals surface area contributed by atoms with Gasteiger partial charge < -0.3 is 4.74 Å². The van der Waals surface area contributed by atoms with Gasteiger partial charge in [0.1, 0.15) is 5.75 Å². The van der Waals surface area contributed by atoms with Crippen molar-refractivity contribution in [3.05, 3.63) is 29.8 Å². The molecule has 5 heteroatoms. The molecule has 0 aliphatic heterocycles. The van der Waals surface area contributed by atoms with Gasteiger partial charge in [-0.05, 0) is 31.9 Å². The fourth-order valence-electron chi connectivity index (χ4n) is 1.78. The number of benzene rings is 1. The fraction of sp³-hybridized carbons (Fsp3) is 0.533. The molecule has 0 heterocycles. The van der Waals surface area contributed by atoms with E-state index in [0.29, 0.717) is 37.2 Å². The number of carbonyl (C=O) groups is 1. The van der Waals surface area contributed by atoms with E-state index >= 15 is 0 Å². The zero-order chi connectivity index (χ0) is 15.0. The van der Waals surface area contributed by atoms with Gasteiger partial charge in [0.15, 0.2) is 5.78 Å². The molecule has 112 valence electrons. The lowest BCUT2D eigenvalue weighted by Crippen LogP contribution is -2.06. The molecule has 0 aliphatic rings. The number of hydrogen-bond donors (Lipinski definition) is 0. The first kappa shape index (κ1) is 16.5. The number of carbonyl (C=O) groups excluding carboxylic acids is 1. The maximum atomic E-state index is 11.9. The van der Waals surface area contributed by atoms with Crippen LogP contribution in [0.15, 0.2) is 24.3 Å². The van der Waals surface area contributed by atoms with Crippen molar-refractivity contribution in [2.45, 2.75) is 45.2 Å². The van der Waals surface area contributed by atoms with Crippen molar-refractivity contribution in [2.75, 3.05) is 6.61 Å². The zero-order valence-electron chi connectivity index (χ0n) is 11.5. The number of halogens is 3. The summed E-state index contributed by atoms with van der Waals surface area (Å²) in [4.78, 5) is 11.2. The van der Waals surface area contributed by atoms with Crippen LogP contribution in [0.1, 0.15) is 49.4 Å². The number of unbranched alkanes of at least 4 members (excludes halogenated alkanes) is 3. The average molecular weight is 288 g/mol. The third-order valence-corrected chi connectivity index (χ3v) is 2.86. The minimum absolute atomic E-state index is 0.0254. The van der Waals surface area contributed by atoms with Gasteiger partial charge in [-0.2, -0.15) is 13.2 Å². The van der Waals surface area contributed by atoms with E-state index in [2.05, 4.69) is 0 Å². The average Bonchev–Trinajstić information content (AvgIpc) is 2.36. The molecule has 0 fully saturated rings. The summed E-state index contributed by atoms with van der Waals surface area (Å²) >= 11 is 0. The molecular weight excluding hydrogens is 269 g/mol. The number of ether oxygens (including phenoxy) is 1. The first-order valence-electron chi connectivity index (χ1n) is 6.69. The molecule has 20 heavy (non-hydrogen) atoms. The van der Waals surface area contributed by atoms with Gasteiger partial charge in [-0.25, -0.2) is 0 Å². The van der Waals surface area contributed by atoms with Crippen molar-refractivity contribution in [3.63, 3.8) is 0 Å². The Morgan fingerprint density at radius 3 is 2.50 bits per heavy atom. The zero-order valence-corrected chi connectivity index (χ0v) is 11.5. The standard InChI is InChI=1S/C15H19F3O2/c1-12(19)13-7-6-8-14(11-13)20-10-5-3-2-4-9-15(16,17)18/h6-8,11H,2-5,9-10H2,1H3. The Balaban J connectivity index is 2.15. The second-order valence-corrected chi connectivity index (χ2v) is 4.71. The summed E-state index contributed by atoms with van der Waals surface area (Å²) in [5, 5.41) is 0. The summed E-state index contributed by atoms with van der Waals surface area (Å²) in [6, 6.07) is 6.89. The second kappa shape index (κ2) is 7.92. The van der Waals surface area contributed by atoms with Crippen LogP contribution >= 0.6 is 0 Å². The molecule has 0 radical (unpaired) electrons. The summed E-state index contributed by atoms with van der Waals surface area (Å²) < 4.78 is 41.2. The van der Waals surface area contributed by atoms with E-state index in [-0.39, 0.29) is 12.2 Å². The largest absolute Gasteiger partial charge is 0.494 e. The van der Waals surface area contributed by atoms with E-state index in [0.717, 1.165) is 0 Å². The van der Waals surface area contributed by atoms with Crippen LogP contribution in [-0.4, -0.2) is 18.6 Å². The van der Waals surface area contributed by atoms with E-state index in [1.54, 1.807) is 24.3 Å². The van der Waals surface area contributed by atoms with Gasteiger partial charge in [0.25, 0.3) is 0 Å². The Morgan fingerprint density at radius 2 is 1.85 bits per heavy atom. The van der Waals surface area contributed by atoms with Crippen LogP contribution in [0.5, 0.6) is 5.75 Å². The highest BCUT2D eigenvalue weighted by Crippen LogP contribution is 2.23. The van der Waals surface area contributed by atoms with Crippen molar-refractivity contribution in [3.8, 4) is 5.75 Å². The third-order valence-electron chi connectivity index (χ3n) is 2.86. The third kappa shape index (κ3) is 7.16. The molecule has 1 aromatic rings. The smallest absolute Gasteiger partial charge is 0.389 e. The molecule has 0 unspecified atom stereocenters. The predicted molar refractivity (Wildman–Crippen MR) is 71.1 cm³/mol. The molecule has 0 aromatic heterocycles. The summed E-state index contributed by atoms with van der Waals surface area (Å²) in [5.74, 6) is 0.593. The van der Waals surface area contributed by atoms with E-state index in [9.17, 15) is 18.0 Å². The molecule has 2 nitrogen and oxygen atoms in total. The van der Waals surface area contributed by atoms with Crippen LogP contribution in [0.3, 0.4) is 0 Å². The van der Waals surface area contributed by atoms with Crippen LogP contribution in [0, 0.1) is 0 Å². The van der Waals surface area contributed by atoms with Crippen molar-refractivity contribution in [1.82, 2.24) is 0 Å². The highest BCUT2D eigenvalue weighted by atomic mass is 19.4. The Labute approximate surface area is 116 Å². The van der Waals surface area contributed by atoms with Gasteiger partial charge in [0.2, 0.25) is 0 Å². The van der Waals surface area contributed by atoms with Gasteiger partial charge >= 0.3 is 6.18 Å². The van der Waals surface area contributed by atoms with Crippen molar-refractivity contribution < 1.29 is 22.7 Å². The Bertz CT molecular complexity index is 427. The lowest BCUT2D eigenvalue weighted by Gasteiger charge is -2.08. The highest BCUT2D eigenvalue weighted by Gasteiger charge is 2.25.